The number of hydrogen-bond acceptors (Lipinski definition) is 3. The number of rotatable bonds is 6. The Bertz CT molecular complexity index is 495. The summed E-state index contributed by atoms with van der Waals surface area (Å²) in [6, 6.07) is 7.58. The van der Waals surface area contributed by atoms with Gasteiger partial charge in [0.15, 0.2) is 0 Å². The van der Waals surface area contributed by atoms with Crippen LogP contribution >= 0.6 is 12.2 Å². The third-order valence-electron chi connectivity index (χ3n) is 3.97. The number of carbonyl (C=O) groups excluding carboxylic acids is 1. The molecule has 1 saturated heterocycles. The third kappa shape index (κ3) is 4.79. The first kappa shape index (κ1) is 15.9. The molecule has 2 rings (SSSR count). The molecule has 0 saturated carbocycles. The van der Waals surface area contributed by atoms with Crippen molar-refractivity contribution in [2.45, 2.75) is 19.3 Å². The number of thiocarbonyl (C=S) groups is 1. The molecule has 1 aliphatic heterocycles. The Balaban J connectivity index is 1.80. The van der Waals surface area contributed by atoms with Crippen LogP contribution in [0.4, 0.5) is 0 Å². The van der Waals surface area contributed by atoms with E-state index in [0.717, 1.165) is 24.2 Å². The van der Waals surface area contributed by atoms with Crippen LogP contribution in [0.2, 0.25) is 0 Å². The highest BCUT2D eigenvalue weighted by molar-refractivity contribution is 7.80. The van der Waals surface area contributed by atoms with Crippen LogP contribution in [0, 0.1) is 0 Å². The number of nitrogens with two attached hydrogens (primary N) is 1. The SMILES string of the molecule is CN(CCN1CCCC1)C(=O)Cc1ccc(C(N)=S)cc1. The van der Waals surface area contributed by atoms with E-state index in [9.17, 15) is 4.79 Å². The van der Waals surface area contributed by atoms with Gasteiger partial charge in [0.25, 0.3) is 0 Å². The van der Waals surface area contributed by atoms with Crippen LogP contribution in [0.3, 0.4) is 0 Å². The van der Waals surface area contributed by atoms with Crippen LogP contribution in [-0.4, -0.2) is 53.9 Å². The summed E-state index contributed by atoms with van der Waals surface area (Å²) >= 11 is 4.92. The Kier molecular flexibility index (Phi) is 5.70. The van der Waals surface area contributed by atoms with E-state index < -0.39 is 0 Å². The van der Waals surface area contributed by atoms with Gasteiger partial charge < -0.3 is 15.5 Å². The Hall–Kier alpha value is -1.46. The Morgan fingerprint density at radius 2 is 1.90 bits per heavy atom. The molecule has 0 atom stereocenters. The summed E-state index contributed by atoms with van der Waals surface area (Å²) in [6.07, 6.45) is 2.99. The molecule has 1 aliphatic rings. The third-order valence-corrected chi connectivity index (χ3v) is 4.21. The maximum absolute atomic E-state index is 12.2. The van der Waals surface area contributed by atoms with E-state index >= 15 is 0 Å². The molecule has 2 N–H and O–H groups in total. The molecular weight excluding hydrogens is 282 g/mol. The van der Waals surface area contributed by atoms with Gasteiger partial charge in [-0.25, -0.2) is 0 Å². The molecule has 1 heterocycles. The molecule has 1 amide bonds. The van der Waals surface area contributed by atoms with Crippen LogP contribution < -0.4 is 5.73 Å². The van der Waals surface area contributed by atoms with Crippen molar-refractivity contribution in [3.8, 4) is 0 Å². The van der Waals surface area contributed by atoms with Crippen molar-refractivity contribution in [1.29, 1.82) is 0 Å². The highest BCUT2D eigenvalue weighted by Gasteiger charge is 2.14. The van der Waals surface area contributed by atoms with Crippen molar-refractivity contribution in [1.82, 2.24) is 9.80 Å². The molecule has 1 aromatic rings. The lowest BCUT2D eigenvalue weighted by atomic mass is 10.1. The van der Waals surface area contributed by atoms with Crippen molar-refractivity contribution in [3.05, 3.63) is 35.4 Å². The van der Waals surface area contributed by atoms with E-state index in [1.165, 1.54) is 25.9 Å². The molecule has 4 nitrogen and oxygen atoms in total. The first-order valence-electron chi connectivity index (χ1n) is 7.41. The number of nitrogens with zero attached hydrogens (tertiary/aromatic N) is 2. The maximum Gasteiger partial charge on any atom is 0.226 e. The molecule has 0 aromatic heterocycles. The molecule has 0 unspecified atom stereocenters. The van der Waals surface area contributed by atoms with Crippen molar-refractivity contribution in [3.63, 3.8) is 0 Å². The molecular formula is C16H23N3OS. The van der Waals surface area contributed by atoms with E-state index in [1.807, 2.05) is 36.2 Å². The topological polar surface area (TPSA) is 49.6 Å². The zero-order valence-corrected chi connectivity index (χ0v) is 13.4. The van der Waals surface area contributed by atoms with Crippen molar-refractivity contribution in [2.75, 3.05) is 33.2 Å². The number of amides is 1. The van der Waals surface area contributed by atoms with Gasteiger partial charge in [-0.2, -0.15) is 0 Å². The van der Waals surface area contributed by atoms with Crippen molar-refractivity contribution in [2.24, 2.45) is 5.73 Å². The fraction of sp³-hybridized carbons (Fsp3) is 0.500. The molecule has 21 heavy (non-hydrogen) atoms. The van der Waals surface area contributed by atoms with E-state index in [-0.39, 0.29) is 5.91 Å². The van der Waals surface area contributed by atoms with Gasteiger partial charge in [0.2, 0.25) is 5.91 Å². The van der Waals surface area contributed by atoms with Gasteiger partial charge in [-0.3, -0.25) is 4.79 Å². The zero-order valence-electron chi connectivity index (χ0n) is 12.5. The molecule has 1 fully saturated rings. The standard InChI is InChI=1S/C16H23N3OS/c1-18(10-11-19-8-2-3-9-19)15(20)12-13-4-6-14(7-5-13)16(17)21/h4-7H,2-3,8-12H2,1H3,(H2,17,21). The number of likely N-dealkylation sites (tertiary alicyclic amines) is 1. The quantitative estimate of drug-likeness (QED) is 0.808. The van der Waals surface area contributed by atoms with Crippen LogP contribution in [0.5, 0.6) is 0 Å². The largest absolute Gasteiger partial charge is 0.389 e. The van der Waals surface area contributed by atoms with E-state index in [0.29, 0.717) is 11.4 Å². The maximum atomic E-state index is 12.2. The molecule has 0 aliphatic carbocycles. The summed E-state index contributed by atoms with van der Waals surface area (Å²) in [7, 11) is 1.88. The summed E-state index contributed by atoms with van der Waals surface area (Å²) < 4.78 is 0. The minimum Gasteiger partial charge on any atom is -0.389 e. The number of likely N-dealkylation sites (N-methyl/N-ethyl adjacent to an activating group) is 1. The van der Waals surface area contributed by atoms with Crippen LogP contribution in [0.25, 0.3) is 0 Å². The summed E-state index contributed by atoms with van der Waals surface area (Å²) in [6.45, 7) is 4.11. The predicted molar refractivity (Wildman–Crippen MR) is 89.3 cm³/mol. The lowest BCUT2D eigenvalue weighted by Gasteiger charge is -2.21. The number of hydrogen-bond donors (Lipinski definition) is 1. The molecule has 5 heteroatoms. The van der Waals surface area contributed by atoms with E-state index in [1.54, 1.807) is 0 Å². The summed E-state index contributed by atoms with van der Waals surface area (Å²) in [5.41, 5.74) is 7.39. The lowest BCUT2D eigenvalue weighted by molar-refractivity contribution is -0.129. The fourth-order valence-corrected chi connectivity index (χ4v) is 2.65. The monoisotopic (exact) mass is 305 g/mol. The molecule has 1 aromatic carbocycles. The number of carbonyl (C=O) groups is 1. The Labute approximate surface area is 131 Å². The second-order valence-corrected chi connectivity index (χ2v) is 6.04. The number of benzene rings is 1. The summed E-state index contributed by atoms with van der Waals surface area (Å²) in [5, 5.41) is 0. The van der Waals surface area contributed by atoms with Crippen molar-refractivity contribution >= 4 is 23.1 Å². The fourth-order valence-electron chi connectivity index (χ4n) is 2.52. The molecule has 0 radical (unpaired) electrons. The highest BCUT2D eigenvalue weighted by atomic mass is 32.1. The first-order valence-corrected chi connectivity index (χ1v) is 7.82. The normalized spacial score (nSPS) is 15.1. The van der Waals surface area contributed by atoms with Crippen LogP contribution in [-0.2, 0) is 11.2 Å². The van der Waals surface area contributed by atoms with Gasteiger partial charge in [0.1, 0.15) is 4.99 Å². The first-order chi connectivity index (χ1) is 10.1. The summed E-state index contributed by atoms with van der Waals surface area (Å²) in [5.74, 6) is 0.150. The molecule has 0 bridgehead atoms. The molecule has 0 spiro atoms. The van der Waals surface area contributed by atoms with Crippen LogP contribution in [0.15, 0.2) is 24.3 Å². The van der Waals surface area contributed by atoms with Crippen LogP contribution in [0.1, 0.15) is 24.0 Å². The van der Waals surface area contributed by atoms with Gasteiger partial charge in [0, 0.05) is 25.7 Å². The van der Waals surface area contributed by atoms with Gasteiger partial charge in [-0.05, 0) is 31.5 Å². The second kappa shape index (κ2) is 7.52. The average molecular weight is 305 g/mol. The smallest absolute Gasteiger partial charge is 0.226 e. The Morgan fingerprint density at radius 1 is 1.29 bits per heavy atom. The highest BCUT2D eigenvalue weighted by Crippen LogP contribution is 2.08. The summed E-state index contributed by atoms with van der Waals surface area (Å²) in [4.78, 5) is 16.8. The van der Waals surface area contributed by atoms with Gasteiger partial charge >= 0.3 is 0 Å². The zero-order chi connectivity index (χ0) is 15.2. The molecule has 114 valence electrons. The minimum atomic E-state index is 0.150. The minimum absolute atomic E-state index is 0.150. The van der Waals surface area contributed by atoms with E-state index in [2.05, 4.69) is 4.90 Å². The lowest BCUT2D eigenvalue weighted by Crippen LogP contribution is -2.36. The van der Waals surface area contributed by atoms with E-state index in [4.69, 9.17) is 18.0 Å². The van der Waals surface area contributed by atoms with Gasteiger partial charge in [-0.15, -0.1) is 0 Å². The average Bonchev–Trinajstić information content (AvgIpc) is 2.98. The second-order valence-electron chi connectivity index (χ2n) is 5.60. The van der Waals surface area contributed by atoms with Gasteiger partial charge in [-0.1, -0.05) is 36.5 Å². The van der Waals surface area contributed by atoms with Crippen molar-refractivity contribution < 1.29 is 4.79 Å². The van der Waals surface area contributed by atoms with Gasteiger partial charge in [0.05, 0.1) is 6.42 Å². The Morgan fingerprint density at radius 3 is 2.48 bits per heavy atom. The predicted octanol–water partition coefficient (Wildman–Crippen LogP) is 1.42.